The van der Waals surface area contributed by atoms with Crippen LogP contribution in [-0.2, 0) is 7.05 Å². The van der Waals surface area contributed by atoms with Crippen molar-refractivity contribution in [3.05, 3.63) is 58.4 Å². The molecule has 2 heterocycles. The third-order valence-electron chi connectivity index (χ3n) is 2.32. The first-order chi connectivity index (χ1) is 8.56. The van der Waals surface area contributed by atoms with Crippen molar-refractivity contribution in [1.29, 1.82) is 0 Å². The average molecular weight is 247 g/mol. The molecule has 0 bridgehead atoms. The van der Waals surface area contributed by atoms with Crippen LogP contribution in [0, 0.1) is 5.95 Å². The van der Waals surface area contributed by atoms with Crippen molar-refractivity contribution in [3.8, 4) is 0 Å². The van der Waals surface area contributed by atoms with Gasteiger partial charge in [0.25, 0.3) is 11.5 Å². The number of hydrogen-bond acceptors (Lipinski definition) is 3. The fourth-order valence-corrected chi connectivity index (χ4v) is 1.36. The molecule has 0 saturated heterocycles. The van der Waals surface area contributed by atoms with E-state index in [-0.39, 0.29) is 16.9 Å². The van der Waals surface area contributed by atoms with E-state index in [2.05, 4.69) is 10.3 Å². The lowest BCUT2D eigenvalue weighted by Crippen LogP contribution is -2.20. The molecule has 6 heteroatoms. The zero-order chi connectivity index (χ0) is 13.1. The summed E-state index contributed by atoms with van der Waals surface area (Å²) in [6, 6.07) is 6.77. The smallest absolute Gasteiger partial charge is 0.257 e. The van der Waals surface area contributed by atoms with Crippen molar-refractivity contribution < 1.29 is 9.18 Å². The van der Waals surface area contributed by atoms with E-state index in [9.17, 15) is 14.0 Å². The Morgan fingerprint density at radius 1 is 1.39 bits per heavy atom. The van der Waals surface area contributed by atoms with Gasteiger partial charge in [-0.2, -0.15) is 4.39 Å². The van der Waals surface area contributed by atoms with Crippen molar-refractivity contribution in [2.75, 3.05) is 5.32 Å². The van der Waals surface area contributed by atoms with Crippen molar-refractivity contribution in [2.45, 2.75) is 0 Å². The highest BCUT2D eigenvalue weighted by Crippen LogP contribution is 2.05. The van der Waals surface area contributed by atoms with Crippen LogP contribution >= 0.6 is 0 Å². The molecule has 0 aromatic carbocycles. The Hall–Kier alpha value is -2.50. The van der Waals surface area contributed by atoms with Gasteiger partial charge in [0, 0.05) is 24.9 Å². The normalized spacial score (nSPS) is 10.1. The number of hydrogen-bond donors (Lipinski definition) is 1. The molecule has 0 unspecified atom stereocenters. The van der Waals surface area contributed by atoms with Crippen LogP contribution in [0.2, 0.25) is 0 Å². The number of aromatic nitrogens is 2. The summed E-state index contributed by atoms with van der Waals surface area (Å²) in [5.74, 6) is -1.09. The molecule has 92 valence electrons. The standard InChI is InChI=1S/C12H10FN3O2/c1-16-6-5-8(7-11(16)17)12(18)15-10-4-2-3-9(13)14-10/h2-7H,1H3,(H,14,15,18). The molecule has 1 amide bonds. The summed E-state index contributed by atoms with van der Waals surface area (Å²) in [5.41, 5.74) is -0.0981. The van der Waals surface area contributed by atoms with Crippen LogP contribution in [0.5, 0.6) is 0 Å². The van der Waals surface area contributed by atoms with Crippen LogP contribution in [0.4, 0.5) is 10.2 Å². The summed E-state index contributed by atoms with van der Waals surface area (Å²) >= 11 is 0. The van der Waals surface area contributed by atoms with Crippen LogP contribution in [0.15, 0.2) is 41.3 Å². The summed E-state index contributed by atoms with van der Waals surface area (Å²) in [7, 11) is 1.58. The van der Waals surface area contributed by atoms with Crippen molar-refractivity contribution in [1.82, 2.24) is 9.55 Å². The topological polar surface area (TPSA) is 64.0 Å². The minimum atomic E-state index is -0.684. The van der Waals surface area contributed by atoms with E-state index in [0.717, 1.165) is 0 Å². The highest BCUT2D eigenvalue weighted by Gasteiger charge is 2.08. The molecule has 0 aliphatic heterocycles. The third-order valence-corrected chi connectivity index (χ3v) is 2.32. The molecule has 5 nitrogen and oxygen atoms in total. The quantitative estimate of drug-likeness (QED) is 0.810. The van der Waals surface area contributed by atoms with E-state index >= 15 is 0 Å². The first kappa shape index (κ1) is 12.0. The monoisotopic (exact) mass is 247 g/mol. The zero-order valence-corrected chi connectivity index (χ0v) is 9.55. The first-order valence-electron chi connectivity index (χ1n) is 5.17. The molecule has 0 aliphatic carbocycles. The van der Waals surface area contributed by atoms with Gasteiger partial charge < -0.3 is 9.88 Å². The third kappa shape index (κ3) is 2.60. The summed E-state index contributed by atoms with van der Waals surface area (Å²) in [5, 5.41) is 2.41. The van der Waals surface area contributed by atoms with Gasteiger partial charge in [0.15, 0.2) is 0 Å². The number of carbonyl (C=O) groups is 1. The van der Waals surface area contributed by atoms with E-state index in [1.54, 1.807) is 7.05 Å². The molecular formula is C12H10FN3O2. The number of nitrogens with one attached hydrogen (secondary N) is 1. The lowest BCUT2D eigenvalue weighted by Gasteiger charge is -2.04. The van der Waals surface area contributed by atoms with Gasteiger partial charge >= 0.3 is 0 Å². The predicted octanol–water partition coefficient (Wildman–Crippen LogP) is 1.17. The maximum absolute atomic E-state index is 12.8. The van der Waals surface area contributed by atoms with E-state index < -0.39 is 11.9 Å². The number of anilines is 1. The molecule has 2 rings (SSSR count). The van der Waals surface area contributed by atoms with E-state index in [4.69, 9.17) is 0 Å². The molecule has 0 fully saturated rings. The molecule has 0 aliphatic rings. The van der Waals surface area contributed by atoms with E-state index in [0.29, 0.717) is 0 Å². The van der Waals surface area contributed by atoms with Gasteiger partial charge in [-0.25, -0.2) is 4.98 Å². The van der Waals surface area contributed by atoms with Crippen LogP contribution in [0.1, 0.15) is 10.4 Å². The summed E-state index contributed by atoms with van der Waals surface area (Å²) in [6.07, 6.45) is 1.48. The Labute approximate surface area is 102 Å². The lowest BCUT2D eigenvalue weighted by molar-refractivity contribution is 0.102. The number of halogens is 1. The Morgan fingerprint density at radius 3 is 2.83 bits per heavy atom. The number of carbonyl (C=O) groups excluding carboxylic acids is 1. The summed E-state index contributed by atoms with van der Waals surface area (Å²) in [6.45, 7) is 0. The number of rotatable bonds is 2. The fraction of sp³-hybridized carbons (Fsp3) is 0.0833. The van der Waals surface area contributed by atoms with Gasteiger partial charge in [-0.05, 0) is 18.2 Å². The SMILES string of the molecule is Cn1ccc(C(=O)Nc2cccc(F)n2)cc1=O. The molecule has 2 aromatic heterocycles. The number of amides is 1. The Bertz CT molecular complexity index is 652. The van der Waals surface area contributed by atoms with Gasteiger partial charge in [-0.1, -0.05) is 6.07 Å². The van der Waals surface area contributed by atoms with Gasteiger partial charge in [-0.3, -0.25) is 9.59 Å². The van der Waals surface area contributed by atoms with Crippen molar-refractivity contribution >= 4 is 11.7 Å². The van der Waals surface area contributed by atoms with Gasteiger partial charge in [0.05, 0.1) is 0 Å². The highest BCUT2D eigenvalue weighted by molar-refractivity contribution is 6.03. The molecule has 0 radical (unpaired) electrons. The largest absolute Gasteiger partial charge is 0.319 e. The second kappa shape index (κ2) is 4.79. The first-order valence-corrected chi connectivity index (χ1v) is 5.17. The second-order valence-electron chi connectivity index (χ2n) is 3.66. The van der Waals surface area contributed by atoms with Crippen molar-refractivity contribution in [3.63, 3.8) is 0 Å². The van der Waals surface area contributed by atoms with Gasteiger partial charge in [0.1, 0.15) is 5.82 Å². The van der Waals surface area contributed by atoms with E-state index in [1.807, 2.05) is 0 Å². The minimum absolute atomic E-state index is 0.0978. The second-order valence-corrected chi connectivity index (χ2v) is 3.66. The molecule has 0 spiro atoms. The van der Waals surface area contributed by atoms with Crippen LogP contribution < -0.4 is 10.9 Å². The van der Waals surface area contributed by atoms with Crippen LogP contribution in [0.3, 0.4) is 0 Å². The van der Waals surface area contributed by atoms with Crippen LogP contribution in [-0.4, -0.2) is 15.5 Å². The highest BCUT2D eigenvalue weighted by atomic mass is 19.1. The fourth-order valence-electron chi connectivity index (χ4n) is 1.36. The Morgan fingerprint density at radius 2 is 2.17 bits per heavy atom. The van der Waals surface area contributed by atoms with Gasteiger partial charge in [0.2, 0.25) is 5.95 Å². The number of nitrogens with zero attached hydrogens (tertiary/aromatic N) is 2. The molecule has 0 saturated carbocycles. The van der Waals surface area contributed by atoms with Crippen LogP contribution in [0.25, 0.3) is 0 Å². The number of pyridine rings is 2. The summed E-state index contributed by atoms with van der Waals surface area (Å²) < 4.78 is 14.2. The maximum atomic E-state index is 12.8. The van der Waals surface area contributed by atoms with Gasteiger partial charge in [-0.15, -0.1) is 0 Å². The number of aryl methyl sites for hydroxylation is 1. The minimum Gasteiger partial charge on any atom is -0.319 e. The van der Waals surface area contributed by atoms with Crippen molar-refractivity contribution in [2.24, 2.45) is 7.05 Å². The molecule has 18 heavy (non-hydrogen) atoms. The molecule has 0 atom stereocenters. The maximum Gasteiger partial charge on any atom is 0.257 e. The molecular weight excluding hydrogens is 237 g/mol. The predicted molar refractivity (Wildman–Crippen MR) is 63.8 cm³/mol. The molecule has 1 N–H and O–H groups in total. The zero-order valence-electron chi connectivity index (χ0n) is 9.55. The Balaban J connectivity index is 2.22. The molecule has 2 aromatic rings. The average Bonchev–Trinajstić information content (AvgIpc) is 2.32. The summed E-state index contributed by atoms with van der Waals surface area (Å²) in [4.78, 5) is 26.6. The van der Waals surface area contributed by atoms with E-state index in [1.165, 1.54) is 41.1 Å². The lowest BCUT2D eigenvalue weighted by atomic mass is 10.2. The Kier molecular flexibility index (Phi) is 3.18.